The molecule has 106 valence electrons. The predicted octanol–water partition coefficient (Wildman–Crippen LogP) is 5.22. The Morgan fingerprint density at radius 1 is 1.21 bits per heavy atom. The monoisotopic (exact) mass is 371 g/mol. The molecule has 2 rings (SSSR count). The van der Waals surface area contributed by atoms with Crippen LogP contribution in [0.3, 0.4) is 0 Å². The minimum atomic E-state index is 0.551. The van der Waals surface area contributed by atoms with E-state index in [4.69, 9.17) is 0 Å². The lowest BCUT2D eigenvalue weighted by atomic mass is 9.86. The van der Waals surface area contributed by atoms with Crippen molar-refractivity contribution in [3.05, 3.63) is 32.9 Å². The zero-order valence-electron chi connectivity index (χ0n) is 12.2. The Labute approximate surface area is 131 Å². The highest BCUT2D eigenvalue weighted by molar-refractivity contribution is 14.1. The van der Waals surface area contributed by atoms with Crippen LogP contribution in [0.2, 0.25) is 0 Å². The topological polar surface area (TPSA) is 12.0 Å². The first kappa shape index (κ1) is 15.3. The van der Waals surface area contributed by atoms with Crippen molar-refractivity contribution in [2.75, 3.05) is 6.54 Å². The maximum absolute atomic E-state index is 3.76. The van der Waals surface area contributed by atoms with Gasteiger partial charge < -0.3 is 5.32 Å². The fraction of sp³-hybridized carbons (Fsp3) is 0.647. The molecule has 0 aliphatic heterocycles. The van der Waals surface area contributed by atoms with Crippen molar-refractivity contribution in [1.82, 2.24) is 5.32 Å². The molecule has 1 aliphatic rings. The zero-order valence-corrected chi connectivity index (χ0v) is 14.4. The summed E-state index contributed by atoms with van der Waals surface area (Å²) in [7, 11) is 0. The summed E-state index contributed by atoms with van der Waals surface area (Å²) in [6.07, 6.45) is 8.47. The fourth-order valence-electron chi connectivity index (χ4n) is 3.31. The molecule has 19 heavy (non-hydrogen) atoms. The van der Waals surface area contributed by atoms with Crippen LogP contribution >= 0.6 is 22.6 Å². The van der Waals surface area contributed by atoms with Crippen molar-refractivity contribution in [3.8, 4) is 0 Å². The van der Waals surface area contributed by atoms with Crippen molar-refractivity contribution in [2.45, 2.75) is 58.4 Å². The van der Waals surface area contributed by atoms with E-state index in [-0.39, 0.29) is 0 Å². The minimum Gasteiger partial charge on any atom is -0.310 e. The number of hydrogen-bond acceptors (Lipinski definition) is 1. The molecule has 1 saturated carbocycles. The summed E-state index contributed by atoms with van der Waals surface area (Å²) >= 11 is 2.53. The summed E-state index contributed by atoms with van der Waals surface area (Å²) in [4.78, 5) is 0. The summed E-state index contributed by atoms with van der Waals surface area (Å²) in [6, 6.07) is 7.32. The molecule has 1 N–H and O–H groups in total. The van der Waals surface area contributed by atoms with Gasteiger partial charge in [-0.1, -0.05) is 50.8 Å². The second-order valence-electron chi connectivity index (χ2n) is 5.77. The third-order valence-electron chi connectivity index (χ3n) is 4.35. The van der Waals surface area contributed by atoms with Gasteiger partial charge in [-0.05, 0) is 65.9 Å². The van der Waals surface area contributed by atoms with Gasteiger partial charge in [0.2, 0.25) is 0 Å². The number of rotatable bonds is 4. The van der Waals surface area contributed by atoms with E-state index in [0.29, 0.717) is 6.04 Å². The Morgan fingerprint density at radius 3 is 2.53 bits per heavy atom. The maximum atomic E-state index is 3.76. The van der Waals surface area contributed by atoms with Crippen LogP contribution in [-0.4, -0.2) is 6.54 Å². The van der Waals surface area contributed by atoms with E-state index in [2.05, 4.69) is 60.0 Å². The predicted molar refractivity (Wildman–Crippen MR) is 91.5 cm³/mol. The van der Waals surface area contributed by atoms with Crippen molar-refractivity contribution in [3.63, 3.8) is 0 Å². The van der Waals surface area contributed by atoms with Crippen LogP contribution in [0, 0.1) is 16.4 Å². The average Bonchev–Trinajstić information content (AvgIpc) is 2.68. The molecule has 0 aromatic heterocycles. The van der Waals surface area contributed by atoms with Gasteiger partial charge >= 0.3 is 0 Å². The summed E-state index contributed by atoms with van der Waals surface area (Å²) < 4.78 is 1.45. The Balaban J connectivity index is 2.25. The van der Waals surface area contributed by atoms with Crippen LogP contribution in [0.4, 0.5) is 0 Å². The highest BCUT2D eigenvalue weighted by atomic mass is 127. The largest absolute Gasteiger partial charge is 0.310 e. The smallest absolute Gasteiger partial charge is 0.0359 e. The minimum absolute atomic E-state index is 0.551. The molecule has 0 amide bonds. The first-order valence-corrected chi connectivity index (χ1v) is 8.80. The Morgan fingerprint density at radius 2 is 1.89 bits per heavy atom. The highest BCUT2D eigenvalue weighted by Crippen LogP contribution is 2.35. The summed E-state index contributed by atoms with van der Waals surface area (Å²) in [5.74, 6) is 0.817. The SMILES string of the molecule is CCNC(c1cccc(C)c1I)C1CCCCCC1. The normalized spacial score (nSPS) is 19.1. The molecule has 0 spiro atoms. The molecular formula is C17H26IN. The Hall–Kier alpha value is -0.0900. The third kappa shape index (κ3) is 3.94. The number of benzene rings is 1. The second kappa shape index (κ2) is 7.63. The molecule has 1 atom stereocenters. The van der Waals surface area contributed by atoms with Gasteiger partial charge in [-0.3, -0.25) is 0 Å². The standard InChI is InChI=1S/C17H26IN/c1-3-19-17(14-10-6-4-5-7-11-14)15-12-8-9-13(2)16(15)18/h8-9,12,14,17,19H,3-7,10-11H2,1-2H3. The van der Waals surface area contributed by atoms with E-state index in [0.717, 1.165) is 12.5 Å². The molecule has 0 radical (unpaired) electrons. The van der Waals surface area contributed by atoms with Crippen LogP contribution in [-0.2, 0) is 0 Å². The Bertz CT molecular complexity index is 394. The van der Waals surface area contributed by atoms with Crippen LogP contribution in [0.25, 0.3) is 0 Å². The molecule has 1 unspecified atom stereocenters. The lowest BCUT2D eigenvalue weighted by Gasteiger charge is -2.28. The first-order valence-electron chi connectivity index (χ1n) is 7.72. The fourth-order valence-corrected chi connectivity index (χ4v) is 4.00. The quantitative estimate of drug-likeness (QED) is 0.565. The van der Waals surface area contributed by atoms with E-state index < -0.39 is 0 Å². The van der Waals surface area contributed by atoms with Gasteiger partial charge in [0.25, 0.3) is 0 Å². The average molecular weight is 371 g/mol. The van der Waals surface area contributed by atoms with Crippen molar-refractivity contribution < 1.29 is 0 Å². The maximum Gasteiger partial charge on any atom is 0.0359 e. The molecule has 1 aromatic carbocycles. The molecule has 2 heteroatoms. The van der Waals surface area contributed by atoms with E-state index in [9.17, 15) is 0 Å². The highest BCUT2D eigenvalue weighted by Gasteiger charge is 2.25. The van der Waals surface area contributed by atoms with Crippen LogP contribution < -0.4 is 5.32 Å². The van der Waals surface area contributed by atoms with E-state index in [1.54, 1.807) is 0 Å². The lowest BCUT2D eigenvalue weighted by molar-refractivity contribution is 0.329. The lowest BCUT2D eigenvalue weighted by Crippen LogP contribution is -2.29. The molecule has 0 saturated heterocycles. The van der Waals surface area contributed by atoms with Crippen molar-refractivity contribution in [2.24, 2.45) is 5.92 Å². The summed E-state index contributed by atoms with van der Waals surface area (Å²) in [5.41, 5.74) is 2.93. The second-order valence-corrected chi connectivity index (χ2v) is 6.84. The number of nitrogens with one attached hydrogen (secondary N) is 1. The van der Waals surface area contributed by atoms with Crippen molar-refractivity contribution in [1.29, 1.82) is 0 Å². The van der Waals surface area contributed by atoms with Gasteiger partial charge in [-0.2, -0.15) is 0 Å². The van der Waals surface area contributed by atoms with E-state index in [1.807, 2.05) is 0 Å². The molecular weight excluding hydrogens is 345 g/mol. The van der Waals surface area contributed by atoms with Gasteiger partial charge in [-0.25, -0.2) is 0 Å². The zero-order chi connectivity index (χ0) is 13.7. The van der Waals surface area contributed by atoms with Crippen LogP contribution in [0.1, 0.15) is 62.6 Å². The van der Waals surface area contributed by atoms with Crippen molar-refractivity contribution >= 4 is 22.6 Å². The summed E-state index contributed by atoms with van der Waals surface area (Å²) in [5, 5.41) is 3.76. The number of hydrogen-bond donors (Lipinski definition) is 1. The van der Waals surface area contributed by atoms with E-state index in [1.165, 1.54) is 53.2 Å². The molecule has 0 bridgehead atoms. The van der Waals surface area contributed by atoms with Crippen LogP contribution in [0.5, 0.6) is 0 Å². The molecule has 1 aromatic rings. The van der Waals surface area contributed by atoms with E-state index >= 15 is 0 Å². The third-order valence-corrected chi connectivity index (χ3v) is 5.83. The molecule has 1 fully saturated rings. The molecule has 0 heterocycles. The van der Waals surface area contributed by atoms with Gasteiger partial charge in [0.05, 0.1) is 0 Å². The van der Waals surface area contributed by atoms with Gasteiger partial charge in [0, 0.05) is 9.61 Å². The first-order chi connectivity index (χ1) is 9.24. The number of aryl methyl sites for hydroxylation is 1. The van der Waals surface area contributed by atoms with Crippen LogP contribution in [0.15, 0.2) is 18.2 Å². The van der Waals surface area contributed by atoms with Gasteiger partial charge in [0.1, 0.15) is 0 Å². The summed E-state index contributed by atoms with van der Waals surface area (Å²) in [6.45, 7) is 5.51. The van der Waals surface area contributed by atoms with Gasteiger partial charge in [0.15, 0.2) is 0 Å². The van der Waals surface area contributed by atoms with Gasteiger partial charge in [-0.15, -0.1) is 0 Å². The molecule has 1 aliphatic carbocycles. The Kier molecular flexibility index (Phi) is 6.14. The molecule has 1 nitrogen and oxygen atoms in total. The number of halogens is 1.